The largest absolute Gasteiger partial charge is 0.497 e. The summed E-state index contributed by atoms with van der Waals surface area (Å²) in [6.45, 7) is 6.95. The standard InChI is InChI=1S/C16H24N2O2/c1-14(19)4-3-9-17-10-12-18(13-11-17)15-5-7-16(20-2)8-6-15/h5-8H,3-4,9-13H2,1-2H3. The molecular formula is C16H24N2O2. The lowest BCUT2D eigenvalue weighted by Crippen LogP contribution is -2.46. The molecule has 0 unspecified atom stereocenters. The van der Waals surface area contributed by atoms with Crippen LogP contribution in [0.3, 0.4) is 0 Å². The van der Waals surface area contributed by atoms with Gasteiger partial charge in [0.05, 0.1) is 7.11 Å². The van der Waals surface area contributed by atoms with E-state index >= 15 is 0 Å². The van der Waals surface area contributed by atoms with E-state index in [0.29, 0.717) is 12.2 Å². The number of piperazine rings is 1. The van der Waals surface area contributed by atoms with Crippen molar-refractivity contribution in [1.82, 2.24) is 4.90 Å². The fraction of sp³-hybridized carbons (Fsp3) is 0.562. The third-order valence-corrected chi connectivity index (χ3v) is 3.81. The highest BCUT2D eigenvalue weighted by Crippen LogP contribution is 2.20. The Morgan fingerprint density at radius 3 is 2.35 bits per heavy atom. The van der Waals surface area contributed by atoms with Crippen molar-refractivity contribution in [2.75, 3.05) is 44.7 Å². The minimum atomic E-state index is 0.293. The van der Waals surface area contributed by atoms with E-state index in [1.54, 1.807) is 14.0 Å². The molecule has 0 N–H and O–H groups in total. The zero-order valence-electron chi connectivity index (χ0n) is 12.5. The highest BCUT2D eigenvalue weighted by molar-refractivity contribution is 5.75. The van der Waals surface area contributed by atoms with Crippen LogP contribution in [-0.4, -0.2) is 50.5 Å². The van der Waals surface area contributed by atoms with Crippen LogP contribution in [0.2, 0.25) is 0 Å². The van der Waals surface area contributed by atoms with E-state index in [1.807, 2.05) is 12.1 Å². The van der Waals surface area contributed by atoms with Crippen molar-refractivity contribution >= 4 is 11.5 Å². The highest BCUT2D eigenvalue weighted by Gasteiger charge is 2.16. The predicted octanol–water partition coefficient (Wildman–Crippen LogP) is 2.19. The smallest absolute Gasteiger partial charge is 0.129 e. The molecule has 0 spiro atoms. The average molecular weight is 276 g/mol. The van der Waals surface area contributed by atoms with E-state index in [2.05, 4.69) is 21.9 Å². The Morgan fingerprint density at radius 2 is 1.80 bits per heavy atom. The van der Waals surface area contributed by atoms with Gasteiger partial charge in [-0.1, -0.05) is 0 Å². The summed E-state index contributed by atoms with van der Waals surface area (Å²) < 4.78 is 5.18. The lowest BCUT2D eigenvalue weighted by Gasteiger charge is -2.36. The van der Waals surface area contributed by atoms with E-state index in [1.165, 1.54) is 5.69 Å². The molecule has 20 heavy (non-hydrogen) atoms. The molecule has 0 bridgehead atoms. The lowest BCUT2D eigenvalue weighted by atomic mass is 10.2. The molecule has 1 fully saturated rings. The van der Waals surface area contributed by atoms with Crippen LogP contribution in [0.4, 0.5) is 5.69 Å². The zero-order valence-corrected chi connectivity index (χ0v) is 12.5. The maximum absolute atomic E-state index is 10.9. The molecule has 1 saturated heterocycles. The molecule has 0 amide bonds. The van der Waals surface area contributed by atoms with Crippen molar-refractivity contribution in [2.45, 2.75) is 19.8 Å². The fourth-order valence-electron chi connectivity index (χ4n) is 2.57. The average Bonchev–Trinajstić information content (AvgIpc) is 2.48. The van der Waals surface area contributed by atoms with Crippen LogP contribution in [0.5, 0.6) is 5.75 Å². The van der Waals surface area contributed by atoms with Crippen LogP contribution in [0.25, 0.3) is 0 Å². The molecule has 0 atom stereocenters. The first-order valence-electron chi connectivity index (χ1n) is 7.30. The summed E-state index contributed by atoms with van der Waals surface area (Å²) in [5.74, 6) is 1.19. The summed E-state index contributed by atoms with van der Waals surface area (Å²) in [4.78, 5) is 15.8. The molecule has 4 nitrogen and oxygen atoms in total. The normalized spacial score (nSPS) is 16.2. The van der Waals surface area contributed by atoms with Crippen molar-refractivity contribution in [3.05, 3.63) is 24.3 Å². The molecule has 4 heteroatoms. The summed E-state index contributed by atoms with van der Waals surface area (Å²) in [7, 11) is 1.69. The van der Waals surface area contributed by atoms with Crippen molar-refractivity contribution in [2.24, 2.45) is 0 Å². The molecule has 0 radical (unpaired) electrons. The molecule has 1 aliphatic rings. The van der Waals surface area contributed by atoms with Gasteiger partial charge in [-0.25, -0.2) is 0 Å². The number of nitrogens with zero attached hydrogens (tertiary/aromatic N) is 2. The first-order valence-corrected chi connectivity index (χ1v) is 7.30. The number of carbonyl (C=O) groups is 1. The summed E-state index contributed by atoms with van der Waals surface area (Å²) >= 11 is 0. The van der Waals surface area contributed by atoms with Crippen LogP contribution in [0, 0.1) is 0 Å². The molecular weight excluding hydrogens is 252 g/mol. The highest BCUT2D eigenvalue weighted by atomic mass is 16.5. The van der Waals surface area contributed by atoms with Gasteiger partial charge in [0, 0.05) is 38.3 Å². The number of methoxy groups -OCH3 is 1. The predicted molar refractivity (Wildman–Crippen MR) is 81.6 cm³/mol. The van der Waals surface area contributed by atoms with Crippen LogP contribution < -0.4 is 9.64 Å². The quantitative estimate of drug-likeness (QED) is 0.797. The third kappa shape index (κ3) is 4.23. The van der Waals surface area contributed by atoms with Gasteiger partial charge in [0.25, 0.3) is 0 Å². The summed E-state index contributed by atoms with van der Waals surface area (Å²) in [6, 6.07) is 8.25. The van der Waals surface area contributed by atoms with Crippen molar-refractivity contribution in [3.63, 3.8) is 0 Å². The number of Topliss-reactive ketones (excluding diaryl/α,β-unsaturated/α-hetero) is 1. The Balaban J connectivity index is 1.77. The molecule has 0 aliphatic carbocycles. The second-order valence-electron chi connectivity index (χ2n) is 5.33. The van der Waals surface area contributed by atoms with Crippen LogP contribution in [0.15, 0.2) is 24.3 Å². The number of anilines is 1. The Labute approximate surface area is 121 Å². The molecule has 1 aromatic rings. The van der Waals surface area contributed by atoms with Gasteiger partial charge in [0.1, 0.15) is 11.5 Å². The fourth-order valence-corrected chi connectivity index (χ4v) is 2.57. The number of ketones is 1. The van der Waals surface area contributed by atoms with Gasteiger partial charge in [-0.15, -0.1) is 0 Å². The Hall–Kier alpha value is -1.55. The van der Waals surface area contributed by atoms with E-state index in [4.69, 9.17) is 4.74 Å². The number of carbonyl (C=O) groups excluding carboxylic acids is 1. The maximum Gasteiger partial charge on any atom is 0.129 e. The molecule has 1 aliphatic heterocycles. The summed E-state index contributed by atoms with van der Waals surface area (Å²) in [5, 5.41) is 0. The van der Waals surface area contributed by atoms with Gasteiger partial charge in [-0.2, -0.15) is 0 Å². The van der Waals surface area contributed by atoms with Gasteiger partial charge >= 0.3 is 0 Å². The minimum Gasteiger partial charge on any atom is -0.497 e. The second-order valence-corrected chi connectivity index (χ2v) is 5.33. The first kappa shape index (κ1) is 14.9. The summed E-state index contributed by atoms with van der Waals surface area (Å²) in [5.41, 5.74) is 1.26. The Kier molecular flexibility index (Phi) is 5.41. The van der Waals surface area contributed by atoms with Crippen LogP contribution in [0.1, 0.15) is 19.8 Å². The van der Waals surface area contributed by atoms with E-state index in [9.17, 15) is 4.79 Å². The van der Waals surface area contributed by atoms with Crippen molar-refractivity contribution in [3.8, 4) is 5.75 Å². The zero-order chi connectivity index (χ0) is 14.4. The topological polar surface area (TPSA) is 32.8 Å². The lowest BCUT2D eigenvalue weighted by molar-refractivity contribution is -0.117. The maximum atomic E-state index is 10.9. The van der Waals surface area contributed by atoms with Crippen LogP contribution in [-0.2, 0) is 4.79 Å². The van der Waals surface area contributed by atoms with Gasteiger partial charge in [0.2, 0.25) is 0 Å². The molecule has 2 rings (SSSR count). The third-order valence-electron chi connectivity index (χ3n) is 3.81. The van der Waals surface area contributed by atoms with Crippen LogP contribution >= 0.6 is 0 Å². The molecule has 0 saturated carbocycles. The number of hydrogen-bond acceptors (Lipinski definition) is 4. The monoisotopic (exact) mass is 276 g/mol. The Bertz CT molecular complexity index is 423. The number of hydrogen-bond donors (Lipinski definition) is 0. The molecule has 1 aromatic carbocycles. The van der Waals surface area contributed by atoms with E-state index in [-0.39, 0.29) is 0 Å². The van der Waals surface area contributed by atoms with Gasteiger partial charge in [0.15, 0.2) is 0 Å². The SMILES string of the molecule is COc1ccc(N2CCN(CCCC(C)=O)CC2)cc1. The number of rotatable bonds is 6. The number of benzene rings is 1. The minimum absolute atomic E-state index is 0.293. The van der Waals surface area contributed by atoms with E-state index < -0.39 is 0 Å². The van der Waals surface area contributed by atoms with Gasteiger partial charge in [-0.05, 0) is 44.2 Å². The molecule has 110 valence electrons. The second kappa shape index (κ2) is 7.29. The Morgan fingerprint density at radius 1 is 1.15 bits per heavy atom. The first-order chi connectivity index (χ1) is 9.69. The van der Waals surface area contributed by atoms with Gasteiger partial charge in [-0.3, -0.25) is 4.90 Å². The molecule has 1 heterocycles. The molecule has 0 aromatic heterocycles. The summed E-state index contributed by atoms with van der Waals surface area (Å²) in [6.07, 6.45) is 1.69. The number of ether oxygens (including phenoxy) is 1. The van der Waals surface area contributed by atoms with Gasteiger partial charge < -0.3 is 14.4 Å². The van der Waals surface area contributed by atoms with E-state index in [0.717, 1.165) is 44.9 Å². The van der Waals surface area contributed by atoms with Crippen molar-refractivity contribution < 1.29 is 9.53 Å². The van der Waals surface area contributed by atoms with Crippen molar-refractivity contribution in [1.29, 1.82) is 0 Å².